The number of aryl methyl sites for hydroxylation is 2. The van der Waals surface area contributed by atoms with Crippen molar-refractivity contribution in [1.29, 1.82) is 0 Å². The summed E-state index contributed by atoms with van der Waals surface area (Å²) in [6.45, 7) is 7.07. The van der Waals surface area contributed by atoms with Gasteiger partial charge in [0.05, 0.1) is 4.92 Å². The number of benzene rings is 1. The molecule has 0 fully saturated rings. The molecular weight excluding hydrogens is 234 g/mol. The van der Waals surface area contributed by atoms with Gasteiger partial charge in [-0.25, -0.2) is 4.79 Å². The van der Waals surface area contributed by atoms with Gasteiger partial charge >= 0.3 is 6.03 Å². The third kappa shape index (κ3) is 3.44. The summed E-state index contributed by atoms with van der Waals surface area (Å²) in [6, 6.07) is 2.78. The maximum atomic E-state index is 11.5. The van der Waals surface area contributed by atoms with Crippen molar-refractivity contribution in [2.75, 3.05) is 5.32 Å². The van der Waals surface area contributed by atoms with Crippen LogP contribution in [0.25, 0.3) is 0 Å². The Kier molecular flexibility index (Phi) is 4.25. The fraction of sp³-hybridized carbons (Fsp3) is 0.417. The Bertz CT molecular complexity index is 484. The predicted octanol–water partition coefficient (Wildman–Crippen LogP) is 2.74. The lowest BCUT2D eigenvalue weighted by Gasteiger charge is -2.12. The van der Waals surface area contributed by atoms with Crippen LogP contribution in [0.15, 0.2) is 12.1 Å². The van der Waals surface area contributed by atoms with Gasteiger partial charge in [-0.15, -0.1) is 0 Å². The molecule has 1 rings (SSSR count). The number of hydrogen-bond donors (Lipinski definition) is 2. The smallest absolute Gasteiger partial charge is 0.319 e. The van der Waals surface area contributed by atoms with Crippen LogP contribution >= 0.6 is 0 Å². The molecule has 0 radical (unpaired) electrons. The van der Waals surface area contributed by atoms with E-state index in [2.05, 4.69) is 10.6 Å². The Hall–Kier alpha value is -2.11. The van der Waals surface area contributed by atoms with E-state index in [9.17, 15) is 14.9 Å². The minimum Gasteiger partial charge on any atom is -0.336 e. The van der Waals surface area contributed by atoms with Gasteiger partial charge in [-0.05, 0) is 39.3 Å². The first-order chi connectivity index (χ1) is 8.31. The third-order valence-corrected chi connectivity index (χ3v) is 2.41. The number of nitrogens with zero attached hydrogens (tertiary/aromatic N) is 1. The maximum absolute atomic E-state index is 11.5. The summed E-state index contributed by atoms with van der Waals surface area (Å²) in [7, 11) is 0. The van der Waals surface area contributed by atoms with Crippen molar-refractivity contribution in [2.45, 2.75) is 33.7 Å². The molecule has 18 heavy (non-hydrogen) atoms. The van der Waals surface area contributed by atoms with Crippen LogP contribution in [-0.4, -0.2) is 17.0 Å². The zero-order valence-corrected chi connectivity index (χ0v) is 10.9. The molecule has 2 N–H and O–H groups in total. The first kappa shape index (κ1) is 14.0. The van der Waals surface area contributed by atoms with E-state index >= 15 is 0 Å². The number of hydrogen-bond acceptors (Lipinski definition) is 3. The second kappa shape index (κ2) is 5.48. The molecule has 0 aromatic heterocycles. The molecule has 0 saturated heterocycles. The molecule has 1 aromatic carbocycles. The first-order valence-corrected chi connectivity index (χ1v) is 5.64. The Balaban J connectivity index is 2.95. The van der Waals surface area contributed by atoms with E-state index in [1.165, 1.54) is 6.07 Å². The summed E-state index contributed by atoms with van der Waals surface area (Å²) in [5.74, 6) is 0. The van der Waals surface area contributed by atoms with Crippen molar-refractivity contribution in [3.05, 3.63) is 33.4 Å². The lowest BCUT2D eigenvalue weighted by atomic mass is 10.1. The molecule has 1 aromatic rings. The quantitative estimate of drug-likeness (QED) is 0.639. The minimum absolute atomic E-state index is 0.0319. The van der Waals surface area contributed by atoms with Crippen LogP contribution in [0.1, 0.15) is 25.0 Å². The highest BCUT2D eigenvalue weighted by molar-refractivity contribution is 5.90. The van der Waals surface area contributed by atoms with Crippen LogP contribution in [0.2, 0.25) is 0 Å². The Morgan fingerprint density at radius 1 is 1.28 bits per heavy atom. The van der Waals surface area contributed by atoms with Crippen molar-refractivity contribution < 1.29 is 9.72 Å². The molecular formula is C12H17N3O3. The number of urea groups is 1. The summed E-state index contributed by atoms with van der Waals surface area (Å²) in [5, 5.41) is 16.1. The zero-order chi connectivity index (χ0) is 13.9. The summed E-state index contributed by atoms with van der Waals surface area (Å²) in [6.07, 6.45) is 0. The molecule has 0 heterocycles. The number of carbonyl (C=O) groups is 1. The Labute approximate surface area is 106 Å². The van der Waals surface area contributed by atoms with Crippen molar-refractivity contribution in [3.63, 3.8) is 0 Å². The van der Waals surface area contributed by atoms with Crippen molar-refractivity contribution in [2.24, 2.45) is 0 Å². The topological polar surface area (TPSA) is 84.3 Å². The van der Waals surface area contributed by atoms with Crippen molar-refractivity contribution >= 4 is 17.4 Å². The molecule has 98 valence electrons. The van der Waals surface area contributed by atoms with E-state index in [1.807, 2.05) is 13.8 Å². The van der Waals surface area contributed by atoms with E-state index in [1.54, 1.807) is 19.9 Å². The number of rotatable bonds is 3. The first-order valence-electron chi connectivity index (χ1n) is 5.64. The van der Waals surface area contributed by atoms with E-state index in [4.69, 9.17) is 0 Å². The lowest BCUT2D eigenvalue weighted by molar-refractivity contribution is -0.385. The SMILES string of the molecule is Cc1cc([N+](=O)[O-])c(C)cc1NC(=O)NC(C)C. The maximum Gasteiger partial charge on any atom is 0.319 e. The predicted molar refractivity (Wildman–Crippen MR) is 69.9 cm³/mol. The fourth-order valence-corrected chi connectivity index (χ4v) is 1.55. The number of nitro groups is 1. The Morgan fingerprint density at radius 3 is 2.39 bits per heavy atom. The molecule has 0 atom stereocenters. The van der Waals surface area contributed by atoms with Crippen LogP contribution in [0.5, 0.6) is 0 Å². The van der Waals surface area contributed by atoms with Gasteiger partial charge in [-0.2, -0.15) is 0 Å². The summed E-state index contributed by atoms with van der Waals surface area (Å²) < 4.78 is 0. The standard InChI is InChI=1S/C12H17N3O3/c1-7(2)13-12(16)14-10-5-9(4)11(15(17)18)6-8(10)3/h5-7H,1-4H3,(H2,13,14,16). The van der Waals surface area contributed by atoms with Gasteiger partial charge in [-0.1, -0.05) is 0 Å². The third-order valence-electron chi connectivity index (χ3n) is 2.41. The van der Waals surface area contributed by atoms with Gasteiger partial charge in [-0.3, -0.25) is 10.1 Å². The summed E-state index contributed by atoms with van der Waals surface area (Å²) in [4.78, 5) is 21.9. The van der Waals surface area contributed by atoms with Gasteiger partial charge in [0.15, 0.2) is 0 Å². The van der Waals surface area contributed by atoms with Crippen LogP contribution in [0, 0.1) is 24.0 Å². The number of amides is 2. The molecule has 2 amide bonds. The normalized spacial score (nSPS) is 10.3. The van der Waals surface area contributed by atoms with E-state index in [0.29, 0.717) is 16.8 Å². The van der Waals surface area contributed by atoms with E-state index in [0.717, 1.165) is 0 Å². The molecule has 6 heteroatoms. The molecule has 0 aliphatic rings. The number of anilines is 1. The van der Waals surface area contributed by atoms with Crippen molar-refractivity contribution in [1.82, 2.24) is 5.32 Å². The number of nitrogens with one attached hydrogen (secondary N) is 2. The molecule has 0 spiro atoms. The highest BCUT2D eigenvalue weighted by Crippen LogP contribution is 2.25. The van der Waals surface area contributed by atoms with Gasteiger partial charge in [0.25, 0.3) is 5.69 Å². The van der Waals surface area contributed by atoms with Crippen LogP contribution in [0.3, 0.4) is 0 Å². The fourth-order valence-electron chi connectivity index (χ4n) is 1.55. The highest BCUT2D eigenvalue weighted by atomic mass is 16.6. The van der Waals surface area contributed by atoms with Gasteiger partial charge in [0.2, 0.25) is 0 Å². The molecule has 0 aliphatic heterocycles. The zero-order valence-electron chi connectivity index (χ0n) is 10.9. The monoisotopic (exact) mass is 251 g/mol. The van der Waals surface area contributed by atoms with Gasteiger partial charge in [0, 0.05) is 23.4 Å². The number of nitro benzene ring substituents is 1. The van der Waals surface area contributed by atoms with Crippen LogP contribution in [0.4, 0.5) is 16.2 Å². The van der Waals surface area contributed by atoms with E-state index < -0.39 is 4.92 Å². The minimum atomic E-state index is -0.430. The lowest BCUT2D eigenvalue weighted by Crippen LogP contribution is -2.34. The second-order valence-electron chi connectivity index (χ2n) is 4.46. The molecule has 0 bridgehead atoms. The average Bonchev–Trinajstić information content (AvgIpc) is 2.21. The number of carbonyl (C=O) groups excluding carboxylic acids is 1. The average molecular weight is 251 g/mol. The highest BCUT2D eigenvalue weighted by Gasteiger charge is 2.14. The van der Waals surface area contributed by atoms with Gasteiger partial charge < -0.3 is 10.6 Å². The molecule has 0 unspecified atom stereocenters. The van der Waals surface area contributed by atoms with Crippen molar-refractivity contribution in [3.8, 4) is 0 Å². The summed E-state index contributed by atoms with van der Waals surface area (Å²) >= 11 is 0. The second-order valence-corrected chi connectivity index (χ2v) is 4.46. The Morgan fingerprint density at radius 2 is 1.89 bits per heavy atom. The largest absolute Gasteiger partial charge is 0.336 e. The molecule has 0 aliphatic carbocycles. The molecule has 6 nitrogen and oxygen atoms in total. The van der Waals surface area contributed by atoms with Crippen LogP contribution < -0.4 is 10.6 Å². The van der Waals surface area contributed by atoms with Gasteiger partial charge in [0.1, 0.15) is 0 Å². The molecule has 0 saturated carbocycles. The summed E-state index contributed by atoms with van der Waals surface area (Å²) in [5.41, 5.74) is 1.82. The van der Waals surface area contributed by atoms with Crippen LogP contribution in [-0.2, 0) is 0 Å². The van der Waals surface area contributed by atoms with E-state index in [-0.39, 0.29) is 17.8 Å².